The molecule has 0 aliphatic carbocycles. The van der Waals surface area contributed by atoms with E-state index < -0.39 is 12.2 Å². The van der Waals surface area contributed by atoms with Crippen LogP contribution in [-0.2, 0) is 14.3 Å². The van der Waals surface area contributed by atoms with E-state index in [1.807, 2.05) is 36.4 Å². The Kier molecular flexibility index (Phi) is 3.25. The SMILES string of the molecule is CN1C(=O)C2=C(C1=O)[C@@H]1O[C@H]2[C@@H]2C(c3ccccn3)=NN=C(c3ccccn3)[C@@H]21. The van der Waals surface area contributed by atoms with Gasteiger partial charge in [0.15, 0.2) is 0 Å². The Morgan fingerprint density at radius 3 is 1.69 bits per heavy atom. The van der Waals surface area contributed by atoms with Gasteiger partial charge in [-0.3, -0.25) is 24.5 Å². The first-order valence-corrected chi connectivity index (χ1v) is 9.37. The van der Waals surface area contributed by atoms with Crippen molar-refractivity contribution in [3.63, 3.8) is 0 Å². The molecule has 4 aliphatic rings. The van der Waals surface area contributed by atoms with E-state index in [-0.39, 0.29) is 23.7 Å². The van der Waals surface area contributed by atoms with Crippen LogP contribution in [0, 0.1) is 11.8 Å². The van der Waals surface area contributed by atoms with Crippen LogP contribution in [-0.4, -0.2) is 57.4 Å². The fraction of sp³-hybridized carbons (Fsp3) is 0.238. The minimum atomic E-state index is -0.545. The summed E-state index contributed by atoms with van der Waals surface area (Å²) in [7, 11) is 1.51. The largest absolute Gasteiger partial charge is 0.364 e. The Morgan fingerprint density at radius 1 is 0.793 bits per heavy atom. The maximum Gasteiger partial charge on any atom is 0.259 e. The van der Waals surface area contributed by atoms with E-state index in [4.69, 9.17) is 4.74 Å². The second-order valence-electron chi connectivity index (χ2n) is 7.43. The average Bonchev–Trinajstić information content (AvgIpc) is 3.41. The van der Waals surface area contributed by atoms with Gasteiger partial charge >= 0.3 is 0 Å². The Bertz CT molecular complexity index is 1070. The zero-order valence-electron chi connectivity index (χ0n) is 15.4. The average molecular weight is 385 g/mol. The number of likely N-dealkylation sites (N-methyl/N-ethyl adjacent to an activating group) is 1. The molecule has 0 N–H and O–H groups in total. The molecule has 2 aromatic heterocycles. The Morgan fingerprint density at radius 2 is 1.28 bits per heavy atom. The van der Waals surface area contributed by atoms with Crippen LogP contribution >= 0.6 is 0 Å². The highest BCUT2D eigenvalue weighted by atomic mass is 16.5. The molecule has 2 aromatic rings. The van der Waals surface area contributed by atoms with E-state index in [0.29, 0.717) is 34.0 Å². The van der Waals surface area contributed by atoms with Crippen molar-refractivity contribution >= 4 is 23.2 Å². The zero-order valence-corrected chi connectivity index (χ0v) is 15.4. The predicted octanol–water partition coefficient (Wildman–Crippen LogP) is 0.992. The molecule has 2 amide bonds. The lowest BCUT2D eigenvalue weighted by Gasteiger charge is -2.31. The third-order valence-corrected chi connectivity index (χ3v) is 6.01. The van der Waals surface area contributed by atoms with Crippen LogP contribution in [0.2, 0.25) is 0 Å². The van der Waals surface area contributed by atoms with Crippen molar-refractivity contribution in [1.29, 1.82) is 0 Å². The molecule has 8 heteroatoms. The number of hydrogen-bond donors (Lipinski definition) is 0. The van der Waals surface area contributed by atoms with E-state index >= 15 is 0 Å². The number of amides is 2. The number of rotatable bonds is 2. The molecule has 6 rings (SSSR count). The molecule has 0 spiro atoms. The molecule has 8 nitrogen and oxygen atoms in total. The number of carbonyl (C=O) groups is 2. The molecule has 1 fully saturated rings. The summed E-state index contributed by atoms with van der Waals surface area (Å²) in [6.07, 6.45) is 2.30. The number of ether oxygens (including phenoxy) is 1. The lowest BCUT2D eigenvalue weighted by Crippen LogP contribution is -2.43. The summed E-state index contributed by atoms with van der Waals surface area (Å²) in [5.74, 6) is -1.10. The molecule has 4 atom stereocenters. The standard InChI is InChI=1S/C21H15N5O3/c1-26-20(27)14-15(21(26)28)19-13-12(18(14)29-19)16(10-6-2-4-8-22-10)24-25-17(13)11-7-3-5-9-23-11/h2-9,12-13,18-19H,1H3/t12-,13+,18-,19+. The number of aromatic nitrogens is 2. The molecule has 6 heterocycles. The normalized spacial score (nSPS) is 29.8. The molecule has 4 aliphatic heterocycles. The van der Waals surface area contributed by atoms with Gasteiger partial charge in [-0.2, -0.15) is 10.2 Å². The van der Waals surface area contributed by atoms with Crippen LogP contribution in [0.15, 0.2) is 70.1 Å². The maximum atomic E-state index is 12.7. The van der Waals surface area contributed by atoms with Crippen LogP contribution in [0.1, 0.15) is 11.4 Å². The number of carbonyl (C=O) groups excluding carboxylic acids is 2. The molecule has 0 unspecified atom stereocenters. The van der Waals surface area contributed by atoms with Gasteiger partial charge in [0.05, 0.1) is 46.2 Å². The molecule has 142 valence electrons. The van der Waals surface area contributed by atoms with Crippen molar-refractivity contribution < 1.29 is 14.3 Å². The summed E-state index contributed by atoms with van der Waals surface area (Å²) >= 11 is 0. The summed E-state index contributed by atoms with van der Waals surface area (Å²) < 4.78 is 6.22. The predicted molar refractivity (Wildman–Crippen MR) is 102 cm³/mol. The van der Waals surface area contributed by atoms with Gasteiger partial charge in [-0.25, -0.2) is 0 Å². The van der Waals surface area contributed by atoms with E-state index in [9.17, 15) is 9.59 Å². The molecule has 29 heavy (non-hydrogen) atoms. The first-order chi connectivity index (χ1) is 14.2. The van der Waals surface area contributed by atoms with Crippen LogP contribution in [0.5, 0.6) is 0 Å². The number of hydrogen-bond acceptors (Lipinski definition) is 7. The zero-order chi connectivity index (χ0) is 19.7. The van der Waals surface area contributed by atoms with Gasteiger partial charge in [0, 0.05) is 31.3 Å². The summed E-state index contributed by atoms with van der Waals surface area (Å²) in [5, 5.41) is 8.97. The number of imide groups is 1. The minimum absolute atomic E-state index is 0.258. The monoisotopic (exact) mass is 385 g/mol. The van der Waals surface area contributed by atoms with E-state index in [1.54, 1.807) is 12.4 Å². The topological polar surface area (TPSA) is 97.1 Å². The van der Waals surface area contributed by atoms with Crippen LogP contribution in [0.25, 0.3) is 0 Å². The minimum Gasteiger partial charge on any atom is -0.364 e. The Labute approximate surface area is 165 Å². The highest BCUT2D eigenvalue weighted by molar-refractivity contribution is 6.23. The van der Waals surface area contributed by atoms with Crippen LogP contribution < -0.4 is 0 Å². The number of fused-ring (bicyclic) bond motifs is 7. The van der Waals surface area contributed by atoms with Gasteiger partial charge in [-0.05, 0) is 24.3 Å². The van der Waals surface area contributed by atoms with E-state index in [2.05, 4.69) is 20.2 Å². The second-order valence-corrected chi connectivity index (χ2v) is 7.43. The van der Waals surface area contributed by atoms with Crippen molar-refractivity contribution in [3.05, 3.63) is 71.3 Å². The molecule has 1 saturated heterocycles. The molecule has 0 aromatic carbocycles. The first kappa shape index (κ1) is 16.4. The van der Waals surface area contributed by atoms with Crippen molar-refractivity contribution in [2.45, 2.75) is 12.2 Å². The first-order valence-electron chi connectivity index (χ1n) is 9.37. The third-order valence-electron chi connectivity index (χ3n) is 6.01. The van der Waals surface area contributed by atoms with Gasteiger partial charge in [0.1, 0.15) is 0 Å². The van der Waals surface area contributed by atoms with E-state index in [0.717, 1.165) is 0 Å². The van der Waals surface area contributed by atoms with Crippen molar-refractivity contribution in [2.24, 2.45) is 22.0 Å². The number of pyridine rings is 2. The van der Waals surface area contributed by atoms with Crippen molar-refractivity contribution in [2.75, 3.05) is 7.05 Å². The highest BCUT2D eigenvalue weighted by Crippen LogP contribution is 2.53. The van der Waals surface area contributed by atoms with Crippen LogP contribution in [0.4, 0.5) is 0 Å². The maximum absolute atomic E-state index is 12.7. The molecular formula is C21H15N5O3. The smallest absolute Gasteiger partial charge is 0.259 e. The van der Waals surface area contributed by atoms with Crippen LogP contribution in [0.3, 0.4) is 0 Å². The Balaban J connectivity index is 1.55. The van der Waals surface area contributed by atoms with Gasteiger partial charge in [-0.1, -0.05) is 12.1 Å². The van der Waals surface area contributed by atoms with Gasteiger partial charge in [0.2, 0.25) is 0 Å². The summed E-state index contributed by atoms with van der Waals surface area (Å²) in [4.78, 5) is 35.5. The Hall–Kier alpha value is -3.52. The lowest BCUT2D eigenvalue weighted by molar-refractivity contribution is -0.137. The quantitative estimate of drug-likeness (QED) is 0.719. The van der Waals surface area contributed by atoms with Crippen molar-refractivity contribution in [1.82, 2.24) is 14.9 Å². The fourth-order valence-corrected chi connectivity index (χ4v) is 4.77. The summed E-state index contributed by atoms with van der Waals surface area (Å²) in [6.45, 7) is 0. The second kappa shape index (κ2) is 5.74. The van der Waals surface area contributed by atoms with Gasteiger partial charge in [-0.15, -0.1) is 0 Å². The lowest BCUT2D eigenvalue weighted by atomic mass is 9.70. The third kappa shape index (κ3) is 2.06. The molecule has 0 saturated carbocycles. The molecular weight excluding hydrogens is 370 g/mol. The highest BCUT2D eigenvalue weighted by Gasteiger charge is 2.64. The number of nitrogens with zero attached hydrogens (tertiary/aromatic N) is 5. The van der Waals surface area contributed by atoms with Gasteiger partial charge < -0.3 is 4.74 Å². The fourth-order valence-electron chi connectivity index (χ4n) is 4.77. The van der Waals surface area contributed by atoms with Gasteiger partial charge in [0.25, 0.3) is 11.8 Å². The summed E-state index contributed by atoms with van der Waals surface area (Å²) in [6, 6.07) is 11.2. The molecule has 2 bridgehead atoms. The molecule has 0 radical (unpaired) electrons. The van der Waals surface area contributed by atoms with Crippen molar-refractivity contribution in [3.8, 4) is 0 Å². The summed E-state index contributed by atoms with van der Waals surface area (Å²) in [5.41, 5.74) is 3.63. The van der Waals surface area contributed by atoms with E-state index in [1.165, 1.54) is 11.9 Å².